The molecule has 1 atom stereocenters. The van der Waals surface area contributed by atoms with Gasteiger partial charge >= 0.3 is 5.97 Å². The lowest BCUT2D eigenvalue weighted by molar-refractivity contribution is -0.147. The molecule has 0 aromatic carbocycles. The van der Waals surface area contributed by atoms with Gasteiger partial charge in [-0.25, -0.2) is 4.79 Å². The molecule has 0 spiro atoms. The van der Waals surface area contributed by atoms with Crippen molar-refractivity contribution in [3.8, 4) is 0 Å². The standard InChI is InChI=1S/C14H21N3O3S/c1-14(2,3)11-10(21-16-15-11)12(18)17-8-6-5-7-9(17)13(19)20-4/h9H,5-8H2,1-4H3. The molecule has 1 aliphatic heterocycles. The lowest BCUT2D eigenvalue weighted by Crippen LogP contribution is -2.48. The van der Waals surface area contributed by atoms with Crippen LogP contribution in [-0.4, -0.2) is 46.1 Å². The minimum absolute atomic E-state index is 0.162. The summed E-state index contributed by atoms with van der Waals surface area (Å²) < 4.78 is 8.75. The highest BCUT2D eigenvalue weighted by Gasteiger charge is 2.36. The summed E-state index contributed by atoms with van der Waals surface area (Å²) >= 11 is 1.10. The molecule has 21 heavy (non-hydrogen) atoms. The van der Waals surface area contributed by atoms with Crippen molar-refractivity contribution in [3.63, 3.8) is 0 Å². The summed E-state index contributed by atoms with van der Waals surface area (Å²) in [5.41, 5.74) is 0.431. The predicted molar refractivity (Wildman–Crippen MR) is 79.3 cm³/mol. The van der Waals surface area contributed by atoms with E-state index in [1.165, 1.54) is 7.11 Å². The number of piperidine rings is 1. The first-order valence-electron chi connectivity index (χ1n) is 7.08. The maximum absolute atomic E-state index is 12.8. The van der Waals surface area contributed by atoms with Gasteiger partial charge in [-0.1, -0.05) is 25.3 Å². The van der Waals surface area contributed by atoms with Crippen LogP contribution in [0.3, 0.4) is 0 Å². The summed E-state index contributed by atoms with van der Waals surface area (Å²) in [6.45, 7) is 6.55. The van der Waals surface area contributed by atoms with Crippen molar-refractivity contribution < 1.29 is 14.3 Å². The monoisotopic (exact) mass is 311 g/mol. The Balaban J connectivity index is 2.30. The number of esters is 1. The SMILES string of the molecule is COC(=O)C1CCCCN1C(=O)c1snnc1C(C)(C)C. The first-order chi connectivity index (χ1) is 9.86. The number of hydrogen-bond donors (Lipinski definition) is 0. The van der Waals surface area contributed by atoms with Crippen molar-refractivity contribution in [3.05, 3.63) is 10.6 Å². The second-order valence-corrected chi connectivity index (χ2v) is 6.99. The predicted octanol–water partition coefficient (Wildman–Crippen LogP) is 2.00. The van der Waals surface area contributed by atoms with E-state index in [9.17, 15) is 9.59 Å². The summed E-state index contributed by atoms with van der Waals surface area (Å²) in [5.74, 6) is -0.511. The normalized spacial score (nSPS) is 19.4. The molecule has 1 amide bonds. The summed E-state index contributed by atoms with van der Waals surface area (Å²) in [7, 11) is 1.36. The number of methoxy groups -OCH3 is 1. The van der Waals surface area contributed by atoms with E-state index in [0.717, 1.165) is 24.4 Å². The van der Waals surface area contributed by atoms with Crippen LogP contribution in [0.2, 0.25) is 0 Å². The summed E-state index contributed by atoms with van der Waals surface area (Å²) in [4.78, 5) is 26.8. The first-order valence-corrected chi connectivity index (χ1v) is 7.85. The number of likely N-dealkylation sites (tertiary alicyclic amines) is 1. The van der Waals surface area contributed by atoms with E-state index in [2.05, 4.69) is 9.59 Å². The Bertz CT molecular complexity index is 536. The number of amides is 1. The van der Waals surface area contributed by atoms with Crippen LogP contribution in [0.4, 0.5) is 0 Å². The number of nitrogens with zero attached hydrogens (tertiary/aromatic N) is 3. The van der Waals surface area contributed by atoms with Gasteiger partial charge in [-0.2, -0.15) is 0 Å². The number of ether oxygens (including phenoxy) is 1. The van der Waals surface area contributed by atoms with Gasteiger partial charge in [-0.15, -0.1) is 5.10 Å². The quantitative estimate of drug-likeness (QED) is 0.781. The Morgan fingerprint density at radius 3 is 2.67 bits per heavy atom. The molecule has 1 unspecified atom stereocenters. The molecule has 1 fully saturated rings. The van der Waals surface area contributed by atoms with Crippen LogP contribution < -0.4 is 0 Å². The van der Waals surface area contributed by atoms with E-state index in [1.54, 1.807) is 4.90 Å². The molecule has 2 rings (SSSR count). The minimum atomic E-state index is -0.494. The van der Waals surface area contributed by atoms with Crippen LogP contribution in [0.15, 0.2) is 0 Å². The molecule has 1 aromatic heterocycles. The molecule has 7 heteroatoms. The fourth-order valence-electron chi connectivity index (χ4n) is 2.51. The van der Waals surface area contributed by atoms with E-state index in [-0.39, 0.29) is 17.3 Å². The molecule has 6 nitrogen and oxygen atoms in total. The number of carbonyl (C=O) groups excluding carboxylic acids is 2. The molecular weight excluding hydrogens is 290 g/mol. The topological polar surface area (TPSA) is 72.4 Å². The third-order valence-electron chi connectivity index (χ3n) is 3.63. The largest absolute Gasteiger partial charge is 0.467 e. The third-order valence-corrected chi connectivity index (χ3v) is 4.34. The van der Waals surface area contributed by atoms with Crippen molar-refractivity contribution in [1.29, 1.82) is 0 Å². The number of aromatic nitrogens is 2. The highest BCUT2D eigenvalue weighted by atomic mass is 32.1. The van der Waals surface area contributed by atoms with Gasteiger partial charge < -0.3 is 9.64 Å². The van der Waals surface area contributed by atoms with Gasteiger partial charge in [0.15, 0.2) is 0 Å². The van der Waals surface area contributed by atoms with Crippen LogP contribution in [0, 0.1) is 0 Å². The number of rotatable bonds is 2. The van der Waals surface area contributed by atoms with Crippen LogP contribution in [0.1, 0.15) is 55.4 Å². The molecular formula is C14H21N3O3S. The average Bonchev–Trinajstić information content (AvgIpc) is 2.95. The molecule has 116 valence electrons. The second-order valence-electron chi connectivity index (χ2n) is 6.23. The molecule has 1 saturated heterocycles. The summed E-state index contributed by atoms with van der Waals surface area (Å²) in [6, 6.07) is -0.494. The highest BCUT2D eigenvalue weighted by molar-refractivity contribution is 7.08. The Morgan fingerprint density at radius 2 is 2.05 bits per heavy atom. The first kappa shape index (κ1) is 15.9. The molecule has 1 aromatic rings. The fourth-order valence-corrected chi connectivity index (χ4v) is 3.34. The van der Waals surface area contributed by atoms with Gasteiger partial charge in [0.25, 0.3) is 5.91 Å². The Hall–Kier alpha value is -1.50. The van der Waals surface area contributed by atoms with Gasteiger partial charge in [-0.05, 0) is 30.8 Å². The molecule has 0 bridgehead atoms. The van der Waals surface area contributed by atoms with E-state index in [0.29, 0.717) is 23.5 Å². The zero-order valence-electron chi connectivity index (χ0n) is 12.9. The maximum Gasteiger partial charge on any atom is 0.328 e. The smallest absolute Gasteiger partial charge is 0.328 e. The van der Waals surface area contributed by atoms with Crippen LogP contribution in [0.5, 0.6) is 0 Å². The van der Waals surface area contributed by atoms with Crippen molar-refractivity contribution in [2.75, 3.05) is 13.7 Å². The summed E-state index contributed by atoms with van der Waals surface area (Å²) in [5, 5.41) is 4.10. The van der Waals surface area contributed by atoms with Gasteiger partial charge in [-0.3, -0.25) is 4.79 Å². The molecule has 1 aliphatic rings. The zero-order chi connectivity index (χ0) is 15.6. The highest BCUT2D eigenvalue weighted by Crippen LogP contribution is 2.29. The van der Waals surface area contributed by atoms with Crippen LogP contribution >= 0.6 is 11.5 Å². The number of hydrogen-bond acceptors (Lipinski definition) is 6. The summed E-state index contributed by atoms with van der Waals surface area (Å²) in [6.07, 6.45) is 2.47. The Morgan fingerprint density at radius 1 is 1.33 bits per heavy atom. The van der Waals surface area contributed by atoms with Gasteiger partial charge in [0.05, 0.1) is 12.8 Å². The van der Waals surface area contributed by atoms with Gasteiger partial charge in [0, 0.05) is 12.0 Å². The van der Waals surface area contributed by atoms with Crippen LogP contribution in [-0.2, 0) is 14.9 Å². The second kappa shape index (κ2) is 6.09. The van der Waals surface area contributed by atoms with Crippen LogP contribution in [0.25, 0.3) is 0 Å². The van der Waals surface area contributed by atoms with Gasteiger partial charge in [0.1, 0.15) is 10.9 Å². The van der Waals surface area contributed by atoms with E-state index in [1.807, 2.05) is 20.8 Å². The van der Waals surface area contributed by atoms with Gasteiger partial charge in [0.2, 0.25) is 0 Å². The lowest BCUT2D eigenvalue weighted by Gasteiger charge is -2.33. The minimum Gasteiger partial charge on any atom is -0.467 e. The molecule has 0 N–H and O–H groups in total. The molecule has 0 aliphatic carbocycles. The third kappa shape index (κ3) is 3.23. The molecule has 0 saturated carbocycles. The maximum atomic E-state index is 12.8. The molecule has 0 radical (unpaired) electrons. The van der Waals surface area contributed by atoms with E-state index >= 15 is 0 Å². The zero-order valence-corrected chi connectivity index (χ0v) is 13.7. The fraction of sp³-hybridized carbons (Fsp3) is 0.714. The van der Waals surface area contributed by atoms with E-state index < -0.39 is 6.04 Å². The average molecular weight is 311 g/mol. The van der Waals surface area contributed by atoms with E-state index in [4.69, 9.17) is 4.74 Å². The van der Waals surface area contributed by atoms with Crippen molar-refractivity contribution in [2.24, 2.45) is 0 Å². The lowest BCUT2D eigenvalue weighted by atomic mass is 9.91. The Labute approximate surface area is 128 Å². The number of carbonyl (C=O) groups is 2. The Kier molecular flexibility index (Phi) is 4.61. The molecule has 2 heterocycles. The van der Waals surface area contributed by atoms with Crippen molar-refractivity contribution >= 4 is 23.4 Å². The van der Waals surface area contributed by atoms with Crippen molar-refractivity contribution in [2.45, 2.75) is 51.5 Å². The van der Waals surface area contributed by atoms with Crippen molar-refractivity contribution in [1.82, 2.24) is 14.5 Å².